The second kappa shape index (κ2) is 6.37. The molecule has 2 aliphatic heterocycles. The van der Waals surface area contributed by atoms with Crippen molar-refractivity contribution in [2.45, 2.75) is 57.8 Å². The first kappa shape index (κ1) is 15.9. The molecular formula is C19H28N4O. The Morgan fingerprint density at radius 3 is 3.04 bits per heavy atom. The quantitative estimate of drug-likeness (QED) is 0.935. The summed E-state index contributed by atoms with van der Waals surface area (Å²) in [5, 5.41) is 8.18. The van der Waals surface area contributed by atoms with Gasteiger partial charge in [0, 0.05) is 43.2 Å². The van der Waals surface area contributed by atoms with E-state index in [-0.39, 0.29) is 11.8 Å². The number of aromatic nitrogens is 3. The van der Waals surface area contributed by atoms with Crippen LogP contribution in [-0.2, 0) is 11.3 Å². The first-order valence-electron chi connectivity index (χ1n) is 9.17. The second-order valence-electron chi connectivity index (χ2n) is 7.91. The largest absolute Gasteiger partial charge is 0.357 e. The number of ether oxygens (including phenoxy) is 1. The van der Waals surface area contributed by atoms with Crippen LogP contribution in [0.1, 0.15) is 45.8 Å². The number of nitrogens with one attached hydrogen (secondary N) is 1. The predicted octanol–water partition coefficient (Wildman–Crippen LogP) is 3.44. The Hall–Kier alpha value is -1.59. The number of hydrogen-bond donors (Lipinski definition) is 1. The Labute approximate surface area is 144 Å². The minimum atomic E-state index is 0.107. The van der Waals surface area contributed by atoms with E-state index in [2.05, 4.69) is 53.4 Å². The van der Waals surface area contributed by atoms with E-state index in [9.17, 15) is 0 Å². The topological polar surface area (TPSA) is 44.0 Å². The second-order valence-corrected chi connectivity index (χ2v) is 7.91. The zero-order valence-electron chi connectivity index (χ0n) is 14.7. The van der Waals surface area contributed by atoms with Gasteiger partial charge in [0.25, 0.3) is 0 Å². The van der Waals surface area contributed by atoms with Gasteiger partial charge in [-0.2, -0.15) is 5.10 Å². The summed E-state index contributed by atoms with van der Waals surface area (Å²) >= 11 is 0. The lowest BCUT2D eigenvalue weighted by atomic mass is 9.97. The molecule has 1 N–H and O–H groups in total. The molecule has 2 unspecified atom stereocenters. The van der Waals surface area contributed by atoms with Crippen molar-refractivity contribution in [3.05, 3.63) is 30.7 Å². The monoisotopic (exact) mass is 328 g/mol. The molecular weight excluding hydrogens is 300 g/mol. The van der Waals surface area contributed by atoms with Gasteiger partial charge in [-0.25, -0.2) is 4.68 Å². The average Bonchev–Trinajstić information content (AvgIpc) is 3.28. The highest BCUT2D eigenvalue weighted by atomic mass is 16.5. The van der Waals surface area contributed by atoms with Crippen molar-refractivity contribution < 1.29 is 4.74 Å². The Morgan fingerprint density at radius 1 is 1.38 bits per heavy atom. The molecule has 0 amide bonds. The van der Waals surface area contributed by atoms with Crippen molar-refractivity contribution >= 4 is 0 Å². The fourth-order valence-electron chi connectivity index (χ4n) is 4.09. The van der Waals surface area contributed by atoms with Gasteiger partial charge in [0.15, 0.2) is 0 Å². The molecule has 0 spiro atoms. The molecule has 2 aromatic rings. The third kappa shape index (κ3) is 3.28. The molecule has 2 aromatic heterocycles. The summed E-state index contributed by atoms with van der Waals surface area (Å²) in [6, 6.07) is 4.33. The summed E-state index contributed by atoms with van der Waals surface area (Å²) in [6.45, 7) is 7.58. The summed E-state index contributed by atoms with van der Waals surface area (Å²) < 4.78 is 10.2. The molecule has 4 heterocycles. The van der Waals surface area contributed by atoms with Crippen molar-refractivity contribution in [1.82, 2.24) is 19.7 Å². The number of nitrogens with zero attached hydrogens (tertiary/aromatic N) is 3. The molecule has 0 aromatic carbocycles. The lowest BCUT2D eigenvalue weighted by Gasteiger charge is -2.22. The fraction of sp³-hybridized carbons (Fsp3) is 0.632. The van der Waals surface area contributed by atoms with E-state index in [1.54, 1.807) is 0 Å². The van der Waals surface area contributed by atoms with Gasteiger partial charge in [0.05, 0.1) is 11.9 Å². The van der Waals surface area contributed by atoms with Gasteiger partial charge < -0.3 is 14.6 Å². The Bertz CT molecular complexity index is 681. The Balaban J connectivity index is 1.49. The molecule has 0 saturated carbocycles. The minimum Gasteiger partial charge on any atom is -0.357 e. The van der Waals surface area contributed by atoms with E-state index in [1.165, 1.54) is 30.5 Å². The zero-order valence-corrected chi connectivity index (χ0v) is 14.7. The predicted molar refractivity (Wildman–Crippen MR) is 94.7 cm³/mol. The number of rotatable bonds is 4. The first-order chi connectivity index (χ1) is 11.6. The standard InChI is InChI=1S/C19H28N4O/c1-19(2)10-15(11-20-19)13-22-8-5-6-17(22)16-12-21-23(14-16)18-7-3-4-9-24-18/h5-6,8,12,14-15,18,20H,3-4,7,9-11,13H2,1-2H3. The summed E-state index contributed by atoms with van der Waals surface area (Å²) in [6.07, 6.45) is 11.1. The SMILES string of the molecule is CC1(C)CC(Cn2cccc2-c2cnn(C3CCCCO3)c2)CN1. The van der Waals surface area contributed by atoms with Crippen LogP contribution >= 0.6 is 0 Å². The van der Waals surface area contributed by atoms with Crippen LogP contribution < -0.4 is 5.32 Å². The highest BCUT2D eigenvalue weighted by molar-refractivity contribution is 5.58. The maximum atomic E-state index is 5.84. The molecule has 4 rings (SSSR count). The van der Waals surface area contributed by atoms with E-state index in [1.807, 2.05) is 10.9 Å². The van der Waals surface area contributed by atoms with Crippen molar-refractivity contribution in [3.8, 4) is 11.3 Å². The third-order valence-corrected chi connectivity index (χ3v) is 5.30. The molecule has 0 radical (unpaired) electrons. The third-order valence-electron chi connectivity index (χ3n) is 5.30. The van der Waals surface area contributed by atoms with E-state index < -0.39 is 0 Å². The van der Waals surface area contributed by atoms with Gasteiger partial charge >= 0.3 is 0 Å². The van der Waals surface area contributed by atoms with Gasteiger partial charge in [-0.1, -0.05) is 0 Å². The molecule has 0 aliphatic carbocycles. The molecule has 130 valence electrons. The van der Waals surface area contributed by atoms with E-state index >= 15 is 0 Å². The summed E-state index contributed by atoms with van der Waals surface area (Å²) in [5.41, 5.74) is 2.70. The molecule has 2 fully saturated rings. The minimum absolute atomic E-state index is 0.107. The molecule has 5 nitrogen and oxygen atoms in total. The van der Waals surface area contributed by atoms with Crippen LogP contribution in [0.3, 0.4) is 0 Å². The molecule has 2 saturated heterocycles. The van der Waals surface area contributed by atoms with Gasteiger partial charge in [-0.3, -0.25) is 0 Å². The van der Waals surface area contributed by atoms with E-state index in [0.29, 0.717) is 5.92 Å². The summed E-state index contributed by atoms with van der Waals surface area (Å²) in [5.74, 6) is 0.683. The van der Waals surface area contributed by atoms with Crippen LogP contribution in [0.5, 0.6) is 0 Å². The maximum Gasteiger partial charge on any atom is 0.150 e. The highest BCUT2D eigenvalue weighted by Crippen LogP contribution is 2.28. The van der Waals surface area contributed by atoms with E-state index in [4.69, 9.17) is 4.74 Å². The molecule has 24 heavy (non-hydrogen) atoms. The Kier molecular flexibility index (Phi) is 4.22. The lowest BCUT2D eigenvalue weighted by Crippen LogP contribution is -2.31. The van der Waals surface area contributed by atoms with Gasteiger partial charge in [-0.05, 0) is 57.6 Å². The van der Waals surface area contributed by atoms with Gasteiger partial charge in [0.1, 0.15) is 6.23 Å². The summed E-state index contributed by atoms with van der Waals surface area (Å²) in [4.78, 5) is 0. The highest BCUT2D eigenvalue weighted by Gasteiger charge is 2.30. The van der Waals surface area contributed by atoms with Gasteiger partial charge in [0.2, 0.25) is 0 Å². The lowest BCUT2D eigenvalue weighted by molar-refractivity contribution is -0.0394. The average molecular weight is 328 g/mol. The molecule has 2 atom stereocenters. The number of hydrogen-bond acceptors (Lipinski definition) is 3. The zero-order chi connectivity index (χ0) is 16.6. The maximum absolute atomic E-state index is 5.84. The summed E-state index contributed by atoms with van der Waals surface area (Å²) in [7, 11) is 0. The van der Waals surface area contributed by atoms with Crippen molar-refractivity contribution in [2.75, 3.05) is 13.2 Å². The van der Waals surface area contributed by atoms with Gasteiger partial charge in [-0.15, -0.1) is 0 Å². The van der Waals surface area contributed by atoms with Crippen molar-refractivity contribution in [1.29, 1.82) is 0 Å². The van der Waals surface area contributed by atoms with Crippen molar-refractivity contribution in [2.24, 2.45) is 5.92 Å². The van der Waals surface area contributed by atoms with Crippen LogP contribution in [0.25, 0.3) is 11.3 Å². The smallest absolute Gasteiger partial charge is 0.150 e. The van der Waals surface area contributed by atoms with E-state index in [0.717, 1.165) is 26.1 Å². The molecule has 5 heteroatoms. The normalized spacial score (nSPS) is 26.8. The fourth-order valence-corrected chi connectivity index (χ4v) is 4.09. The Morgan fingerprint density at radius 2 is 2.29 bits per heavy atom. The van der Waals surface area contributed by atoms with Crippen LogP contribution in [0.2, 0.25) is 0 Å². The van der Waals surface area contributed by atoms with Crippen molar-refractivity contribution in [3.63, 3.8) is 0 Å². The van der Waals surface area contributed by atoms with Crippen LogP contribution in [-0.4, -0.2) is 33.0 Å². The van der Waals surface area contributed by atoms with Crippen LogP contribution in [0.15, 0.2) is 30.7 Å². The van der Waals surface area contributed by atoms with Crippen LogP contribution in [0.4, 0.5) is 0 Å². The first-order valence-corrected chi connectivity index (χ1v) is 9.17. The molecule has 2 aliphatic rings. The molecule has 0 bridgehead atoms. The van der Waals surface area contributed by atoms with Crippen LogP contribution in [0, 0.1) is 5.92 Å².